The molecule has 5 nitrogen and oxygen atoms in total. The molecular weight excluding hydrogens is 298 g/mol. The van der Waals surface area contributed by atoms with Crippen molar-refractivity contribution < 1.29 is 8.42 Å². The van der Waals surface area contributed by atoms with Gasteiger partial charge in [0.1, 0.15) is 11.6 Å². The monoisotopic (exact) mass is 319 g/mol. The number of hydrogen-bond acceptors (Lipinski definition) is 5. The molecule has 0 spiro atoms. The van der Waals surface area contributed by atoms with Crippen LogP contribution in [0.1, 0.15) is 38.1 Å². The van der Waals surface area contributed by atoms with E-state index in [2.05, 4.69) is 15.3 Å². The summed E-state index contributed by atoms with van der Waals surface area (Å²) < 4.78 is 23.5. The second-order valence-electron chi connectivity index (χ2n) is 5.36. The van der Waals surface area contributed by atoms with E-state index in [1.807, 2.05) is 32.0 Å². The van der Waals surface area contributed by atoms with Gasteiger partial charge in [0.25, 0.3) is 0 Å². The second-order valence-corrected chi connectivity index (χ2v) is 7.63. The van der Waals surface area contributed by atoms with Crippen LogP contribution in [0.4, 0.5) is 5.82 Å². The molecule has 118 valence electrons. The highest BCUT2D eigenvalue weighted by Gasteiger charge is 2.10. The zero-order chi connectivity index (χ0) is 16.2. The molecule has 22 heavy (non-hydrogen) atoms. The predicted molar refractivity (Wildman–Crippen MR) is 87.6 cm³/mol. The molecular formula is C16H21N3O2S. The Hall–Kier alpha value is -1.95. The molecule has 0 aliphatic rings. The standard InChI is InChI=1S/C16H21N3O2S/c1-4-22(20,21)14-7-5-13(6-8-14)11-18-15-9-10-17-16(19-15)12(2)3/h5-10,12H,4,11H2,1-3H3,(H,17,18,19). The number of sulfone groups is 1. The molecule has 0 saturated carbocycles. The Bertz CT molecular complexity index is 725. The fourth-order valence-electron chi connectivity index (χ4n) is 1.92. The molecule has 1 aromatic heterocycles. The maximum absolute atomic E-state index is 11.8. The van der Waals surface area contributed by atoms with E-state index in [0.29, 0.717) is 11.4 Å². The minimum absolute atomic E-state index is 0.115. The van der Waals surface area contributed by atoms with Crippen LogP contribution in [-0.4, -0.2) is 24.1 Å². The van der Waals surface area contributed by atoms with Crippen molar-refractivity contribution in [3.63, 3.8) is 0 Å². The normalized spacial score (nSPS) is 11.6. The van der Waals surface area contributed by atoms with Gasteiger partial charge in [-0.15, -0.1) is 0 Å². The Kier molecular flexibility index (Phi) is 5.13. The summed E-state index contributed by atoms with van der Waals surface area (Å²) in [4.78, 5) is 9.03. The number of rotatable bonds is 6. The molecule has 2 aromatic rings. The van der Waals surface area contributed by atoms with Crippen molar-refractivity contribution >= 4 is 15.7 Å². The maximum atomic E-state index is 11.8. The summed E-state index contributed by atoms with van der Waals surface area (Å²) in [6.45, 7) is 6.32. The van der Waals surface area contributed by atoms with Gasteiger partial charge < -0.3 is 5.32 Å². The van der Waals surface area contributed by atoms with Crippen molar-refractivity contribution in [1.29, 1.82) is 0 Å². The highest BCUT2D eigenvalue weighted by atomic mass is 32.2. The lowest BCUT2D eigenvalue weighted by atomic mass is 10.2. The van der Waals surface area contributed by atoms with Crippen molar-refractivity contribution in [3.8, 4) is 0 Å². The second kappa shape index (κ2) is 6.87. The molecule has 1 aromatic carbocycles. The zero-order valence-corrected chi connectivity index (χ0v) is 13.9. The Morgan fingerprint density at radius 2 is 1.82 bits per heavy atom. The van der Waals surface area contributed by atoms with E-state index in [0.717, 1.165) is 17.2 Å². The minimum atomic E-state index is -3.14. The predicted octanol–water partition coefficient (Wildman–Crippen LogP) is 3.01. The molecule has 0 aliphatic carbocycles. The molecule has 0 saturated heterocycles. The van der Waals surface area contributed by atoms with E-state index in [1.54, 1.807) is 25.3 Å². The van der Waals surface area contributed by atoms with Crippen LogP contribution in [0.2, 0.25) is 0 Å². The van der Waals surface area contributed by atoms with Gasteiger partial charge in [0, 0.05) is 18.7 Å². The van der Waals surface area contributed by atoms with Gasteiger partial charge in [-0.1, -0.05) is 32.9 Å². The van der Waals surface area contributed by atoms with E-state index in [1.165, 1.54) is 0 Å². The van der Waals surface area contributed by atoms with E-state index >= 15 is 0 Å². The van der Waals surface area contributed by atoms with Crippen molar-refractivity contribution in [2.45, 2.75) is 38.1 Å². The molecule has 0 amide bonds. The molecule has 1 N–H and O–H groups in total. The van der Waals surface area contributed by atoms with Crippen LogP contribution in [0.15, 0.2) is 41.4 Å². The van der Waals surface area contributed by atoms with E-state index in [4.69, 9.17) is 0 Å². The molecule has 1 heterocycles. The first-order chi connectivity index (χ1) is 10.4. The highest BCUT2D eigenvalue weighted by Crippen LogP contribution is 2.14. The van der Waals surface area contributed by atoms with Gasteiger partial charge in [-0.25, -0.2) is 18.4 Å². The van der Waals surface area contributed by atoms with Crippen molar-refractivity contribution in [1.82, 2.24) is 9.97 Å². The molecule has 6 heteroatoms. The lowest BCUT2D eigenvalue weighted by molar-refractivity contribution is 0.597. The summed E-state index contributed by atoms with van der Waals surface area (Å²) in [7, 11) is -3.14. The largest absolute Gasteiger partial charge is 0.366 e. The van der Waals surface area contributed by atoms with E-state index in [9.17, 15) is 8.42 Å². The first-order valence-electron chi connectivity index (χ1n) is 7.31. The molecule has 0 aliphatic heterocycles. The molecule has 0 unspecified atom stereocenters. The lowest BCUT2D eigenvalue weighted by Crippen LogP contribution is -2.06. The van der Waals surface area contributed by atoms with Gasteiger partial charge in [-0.05, 0) is 23.8 Å². The molecule has 0 atom stereocenters. The summed E-state index contributed by atoms with van der Waals surface area (Å²) in [5, 5.41) is 3.23. The number of nitrogens with zero attached hydrogens (tertiary/aromatic N) is 2. The van der Waals surface area contributed by atoms with Gasteiger partial charge in [0.15, 0.2) is 9.84 Å². The summed E-state index contributed by atoms with van der Waals surface area (Å²) in [6, 6.07) is 8.76. The first-order valence-corrected chi connectivity index (χ1v) is 8.96. The van der Waals surface area contributed by atoms with Crippen LogP contribution in [0.3, 0.4) is 0 Å². The van der Waals surface area contributed by atoms with Gasteiger partial charge in [-0.2, -0.15) is 0 Å². The Morgan fingerprint density at radius 1 is 1.14 bits per heavy atom. The molecule has 0 radical (unpaired) electrons. The third-order valence-corrected chi connectivity index (χ3v) is 5.08. The minimum Gasteiger partial charge on any atom is -0.366 e. The quantitative estimate of drug-likeness (QED) is 0.886. The first kappa shape index (κ1) is 16.4. The lowest BCUT2D eigenvalue weighted by Gasteiger charge is -2.09. The number of nitrogens with one attached hydrogen (secondary N) is 1. The third-order valence-electron chi connectivity index (χ3n) is 3.33. The summed E-state index contributed by atoms with van der Waals surface area (Å²) in [6.07, 6.45) is 1.74. The van der Waals surface area contributed by atoms with Crippen molar-refractivity contribution in [2.75, 3.05) is 11.1 Å². The Morgan fingerprint density at radius 3 is 2.41 bits per heavy atom. The summed E-state index contributed by atoms with van der Waals surface area (Å²) in [5.74, 6) is 1.96. The maximum Gasteiger partial charge on any atom is 0.178 e. The zero-order valence-electron chi connectivity index (χ0n) is 13.1. The van der Waals surface area contributed by atoms with Crippen LogP contribution in [0.25, 0.3) is 0 Å². The fraction of sp³-hybridized carbons (Fsp3) is 0.375. The highest BCUT2D eigenvalue weighted by molar-refractivity contribution is 7.91. The van der Waals surface area contributed by atoms with E-state index < -0.39 is 9.84 Å². The summed E-state index contributed by atoms with van der Waals surface area (Å²) in [5.41, 5.74) is 1.000. The van der Waals surface area contributed by atoms with Crippen LogP contribution >= 0.6 is 0 Å². The molecule has 0 bridgehead atoms. The van der Waals surface area contributed by atoms with Gasteiger partial charge >= 0.3 is 0 Å². The summed E-state index contributed by atoms with van der Waals surface area (Å²) >= 11 is 0. The van der Waals surface area contributed by atoms with Crippen molar-refractivity contribution in [2.24, 2.45) is 0 Å². The fourth-order valence-corrected chi connectivity index (χ4v) is 2.81. The average Bonchev–Trinajstić information content (AvgIpc) is 2.53. The third kappa shape index (κ3) is 4.04. The van der Waals surface area contributed by atoms with Crippen LogP contribution < -0.4 is 5.32 Å². The van der Waals surface area contributed by atoms with Gasteiger partial charge in [0.05, 0.1) is 10.6 Å². The number of anilines is 1. The smallest absolute Gasteiger partial charge is 0.178 e. The number of hydrogen-bond donors (Lipinski definition) is 1. The van der Waals surface area contributed by atoms with Gasteiger partial charge in [0.2, 0.25) is 0 Å². The average molecular weight is 319 g/mol. The van der Waals surface area contributed by atoms with Crippen LogP contribution in [-0.2, 0) is 16.4 Å². The SMILES string of the molecule is CCS(=O)(=O)c1ccc(CNc2ccnc(C(C)C)n2)cc1. The molecule has 2 rings (SSSR count). The topological polar surface area (TPSA) is 72.0 Å². The Balaban J connectivity index is 2.05. The number of benzene rings is 1. The molecule has 0 fully saturated rings. The van der Waals surface area contributed by atoms with E-state index in [-0.39, 0.29) is 11.7 Å². The van der Waals surface area contributed by atoms with Crippen LogP contribution in [0.5, 0.6) is 0 Å². The number of aromatic nitrogens is 2. The Labute approximate surface area is 131 Å². The van der Waals surface area contributed by atoms with Gasteiger partial charge in [-0.3, -0.25) is 0 Å². The van der Waals surface area contributed by atoms with Crippen LogP contribution in [0, 0.1) is 0 Å². The van der Waals surface area contributed by atoms with Crippen molar-refractivity contribution in [3.05, 3.63) is 47.9 Å².